The fraction of sp³-hybridized carbons (Fsp3) is 0.296. The van der Waals surface area contributed by atoms with Gasteiger partial charge in [0, 0.05) is 36.3 Å². The lowest BCUT2D eigenvalue weighted by molar-refractivity contribution is -0.150. The minimum atomic E-state index is -1.31. The molecule has 2 aromatic heterocycles. The fourth-order valence-electron chi connectivity index (χ4n) is 4.38. The van der Waals surface area contributed by atoms with E-state index in [0.717, 1.165) is 28.0 Å². The Morgan fingerprint density at radius 3 is 2.60 bits per heavy atom. The third kappa shape index (κ3) is 7.39. The van der Waals surface area contributed by atoms with E-state index in [1.807, 2.05) is 0 Å². The number of nitrogens with two attached hydrogens (primary N) is 1. The Morgan fingerprint density at radius 1 is 1.19 bits per heavy atom. The van der Waals surface area contributed by atoms with Crippen LogP contribution in [-0.4, -0.2) is 90.2 Å². The van der Waals surface area contributed by atoms with E-state index in [-0.39, 0.29) is 63.0 Å². The highest BCUT2D eigenvalue weighted by Gasteiger charge is 2.54. The van der Waals surface area contributed by atoms with Crippen LogP contribution in [0.5, 0.6) is 11.5 Å². The molecule has 5 rings (SSSR count). The number of β-lactam (4-membered cyclic amide) rings is 1. The number of aromatic nitrogens is 3. The Morgan fingerprint density at radius 2 is 1.94 bits per heavy atom. The van der Waals surface area contributed by atoms with Crippen LogP contribution in [0.3, 0.4) is 0 Å². The van der Waals surface area contributed by atoms with Crippen molar-refractivity contribution in [2.75, 3.05) is 23.8 Å². The quantitative estimate of drug-likeness (QED) is 0.0609. The van der Waals surface area contributed by atoms with Crippen LogP contribution in [0.4, 0.5) is 5.13 Å². The zero-order valence-electron chi connectivity index (χ0n) is 24.7. The zero-order valence-corrected chi connectivity index (χ0v) is 27.2. The molecule has 17 nitrogen and oxygen atoms in total. The lowest BCUT2D eigenvalue weighted by atomic mass is 10.0. The smallest absolute Gasteiger partial charge is 0.352 e. The van der Waals surface area contributed by atoms with E-state index >= 15 is 0 Å². The number of aliphatic carboxylic acids is 1. The summed E-state index contributed by atoms with van der Waals surface area (Å²) in [7, 11) is 0. The third-order valence-corrected chi connectivity index (χ3v) is 9.19. The predicted molar refractivity (Wildman–Crippen MR) is 167 cm³/mol. The molecule has 1 fully saturated rings. The number of hydrogen-bond acceptors (Lipinski definition) is 17. The molecule has 4 N–H and O–H groups in total. The standard InChI is InChI=1S/C27H25N7O10S3/c1-4-41-33-18(15-10-46-26(28)29-15)21(37)30-19-23(38)34-20(25(39)40)14(8-45-24(19)34)9-47-27-32-31-22(44-27)13-5-6-16(42-11(2)35)17(7-13)43-12(3)36/h5-7,10,19,24H,4,8-9H2,1-3H3,(H2,28,29)(H,30,37)(H,39,40)/t19-,24-/m1/s1. The largest absolute Gasteiger partial charge is 0.477 e. The predicted octanol–water partition coefficient (Wildman–Crippen LogP) is 1.90. The zero-order chi connectivity index (χ0) is 33.8. The number of anilines is 1. The van der Waals surface area contributed by atoms with Crippen LogP contribution in [0.2, 0.25) is 0 Å². The van der Waals surface area contributed by atoms with Crippen molar-refractivity contribution in [2.45, 2.75) is 37.4 Å². The van der Waals surface area contributed by atoms with Gasteiger partial charge < -0.3 is 34.9 Å². The van der Waals surface area contributed by atoms with E-state index < -0.39 is 41.1 Å². The summed E-state index contributed by atoms with van der Waals surface area (Å²) >= 11 is 3.44. The van der Waals surface area contributed by atoms with Gasteiger partial charge in [-0.1, -0.05) is 16.9 Å². The molecule has 1 saturated heterocycles. The van der Waals surface area contributed by atoms with E-state index in [1.165, 1.54) is 49.2 Å². The molecule has 47 heavy (non-hydrogen) atoms. The molecule has 2 aliphatic heterocycles. The lowest BCUT2D eigenvalue weighted by Crippen LogP contribution is -2.71. The van der Waals surface area contributed by atoms with Crippen molar-refractivity contribution in [3.63, 3.8) is 0 Å². The summed E-state index contributed by atoms with van der Waals surface area (Å²) in [5.41, 5.74) is 6.30. The molecule has 0 unspecified atom stereocenters. The highest BCUT2D eigenvalue weighted by Crippen LogP contribution is 2.42. The van der Waals surface area contributed by atoms with Crippen molar-refractivity contribution < 1.29 is 47.8 Å². The summed E-state index contributed by atoms with van der Waals surface area (Å²) in [6.07, 6.45) is 0. The number of fused-ring (bicyclic) bond motifs is 1. The molecule has 4 heterocycles. The summed E-state index contributed by atoms with van der Waals surface area (Å²) < 4.78 is 15.9. The molecule has 0 bridgehead atoms. The highest BCUT2D eigenvalue weighted by molar-refractivity contribution is 8.01. The Hall–Kier alpha value is -4.95. The van der Waals surface area contributed by atoms with Crippen molar-refractivity contribution in [2.24, 2.45) is 5.16 Å². The van der Waals surface area contributed by atoms with Gasteiger partial charge in [0.2, 0.25) is 5.89 Å². The second-order valence-electron chi connectivity index (χ2n) is 9.56. The first-order valence-electron chi connectivity index (χ1n) is 13.6. The maximum absolute atomic E-state index is 13.2. The average molecular weight is 704 g/mol. The minimum Gasteiger partial charge on any atom is -0.477 e. The topological polar surface area (TPSA) is 239 Å². The minimum absolute atomic E-state index is 0.0258. The Balaban J connectivity index is 1.28. The number of amides is 2. The van der Waals surface area contributed by atoms with Gasteiger partial charge in [0.05, 0.1) is 0 Å². The molecule has 246 valence electrons. The van der Waals surface area contributed by atoms with Gasteiger partial charge in [-0.3, -0.25) is 24.1 Å². The second-order valence-corrected chi connectivity index (χ2v) is 12.5. The molecule has 2 amide bonds. The normalized spacial score (nSPS) is 17.5. The molecule has 0 saturated carbocycles. The number of carboxylic acid groups (broad SMARTS) is 1. The first-order valence-corrected chi connectivity index (χ1v) is 16.5. The van der Waals surface area contributed by atoms with Crippen LogP contribution in [0, 0.1) is 0 Å². The number of carbonyl (C=O) groups is 5. The number of nitrogen functional groups attached to an aromatic ring is 1. The molecule has 2 atom stereocenters. The molecule has 0 radical (unpaired) electrons. The summed E-state index contributed by atoms with van der Waals surface area (Å²) in [4.78, 5) is 71.7. The van der Waals surface area contributed by atoms with Crippen LogP contribution in [0.1, 0.15) is 26.5 Å². The summed E-state index contributed by atoms with van der Waals surface area (Å²) in [6.45, 7) is 4.26. The molecular weight excluding hydrogens is 679 g/mol. The maximum atomic E-state index is 13.2. The van der Waals surface area contributed by atoms with E-state index in [9.17, 15) is 29.1 Å². The lowest BCUT2D eigenvalue weighted by Gasteiger charge is -2.49. The van der Waals surface area contributed by atoms with Gasteiger partial charge in [-0.15, -0.1) is 33.3 Å². The van der Waals surface area contributed by atoms with E-state index in [0.29, 0.717) is 11.1 Å². The van der Waals surface area contributed by atoms with E-state index in [2.05, 4.69) is 25.7 Å². The van der Waals surface area contributed by atoms with Crippen molar-refractivity contribution in [3.8, 4) is 23.0 Å². The van der Waals surface area contributed by atoms with Gasteiger partial charge in [0.1, 0.15) is 29.4 Å². The molecule has 20 heteroatoms. The summed E-state index contributed by atoms with van der Waals surface area (Å²) in [5, 5.41) is 25.6. The fourth-order valence-corrected chi connectivity index (χ4v) is 7.18. The van der Waals surface area contributed by atoms with Gasteiger partial charge in [0.15, 0.2) is 22.3 Å². The van der Waals surface area contributed by atoms with Crippen LogP contribution >= 0.6 is 34.9 Å². The number of hydrogen-bond donors (Lipinski definition) is 3. The SMILES string of the molecule is CCON=C(C(=O)N[C@@H]1C(=O)N2C(C(=O)O)=C(CSc3nnc(-c4ccc(OC(C)=O)c(OC(C)=O)c4)o3)CS[C@H]12)c1csc(N)n1. The maximum Gasteiger partial charge on any atom is 0.352 e. The molecule has 0 aliphatic carbocycles. The Kier molecular flexibility index (Phi) is 10.1. The molecule has 1 aromatic carbocycles. The number of thioether (sulfide) groups is 2. The Labute approximate surface area is 277 Å². The number of nitrogens with zero attached hydrogens (tertiary/aromatic N) is 5. The van der Waals surface area contributed by atoms with Crippen molar-refractivity contribution in [1.29, 1.82) is 0 Å². The van der Waals surface area contributed by atoms with Gasteiger partial charge in [0.25, 0.3) is 17.0 Å². The van der Waals surface area contributed by atoms with Gasteiger partial charge >= 0.3 is 17.9 Å². The molecule has 2 aliphatic rings. The van der Waals surface area contributed by atoms with E-state index in [4.69, 9.17) is 24.5 Å². The number of nitrogens with one attached hydrogen (secondary N) is 1. The number of rotatable bonds is 12. The number of carbonyl (C=O) groups excluding carboxylic acids is 4. The first kappa shape index (κ1) is 33.4. The van der Waals surface area contributed by atoms with Crippen molar-refractivity contribution in [3.05, 3.63) is 40.5 Å². The number of esters is 2. The summed E-state index contributed by atoms with van der Waals surface area (Å²) in [6, 6.07) is 3.32. The average Bonchev–Trinajstić information content (AvgIpc) is 3.68. The number of ether oxygens (including phenoxy) is 2. The van der Waals surface area contributed by atoms with Crippen LogP contribution < -0.4 is 20.5 Å². The Bertz CT molecular complexity index is 1820. The number of oxime groups is 1. The highest BCUT2D eigenvalue weighted by atomic mass is 32.2. The third-order valence-electron chi connectivity index (χ3n) is 6.28. The van der Waals surface area contributed by atoms with Crippen molar-refractivity contribution in [1.82, 2.24) is 25.4 Å². The first-order chi connectivity index (χ1) is 22.5. The summed E-state index contributed by atoms with van der Waals surface area (Å²) in [5.74, 6) is -3.48. The molecule has 3 aromatic rings. The second kappa shape index (κ2) is 14.2. The van der Waals surface area contributed by atoms with Crippen LogP contribution in [0.15, 0.2) is 49.6 Å². The van der Waals surface area contributed by atoms with Gasteiger partial charge in [-0.25, -0.2) is 9.78 Å². The molecular formula is C27H25N7O10S3. The van der Waals surface area contributed by atoms with Crippen molar-refractivity contribution >= 4 is 75.4 Å². The van der Waals surface area contributed by atoms with E-state index in [1.54, 1.807) is 6.92 Å². The number of thiazole rings is 1. The van der Waals surface area contributed by atoms with Crippen LogP contribution in [-0.2, 0) is 28.8 Å². The van der Waals surface area contributed by atoms with Crippen LogP contribution in [0.25, 0.3) is 11.5 Å². The number of benzene rings is 1. The monoisotopic (exact) mass is 703 g/mol. The number of carboxylic acids is 1. The van der Waals surface area contributed by atoms with Gasteiger partial charge in [-0.05, 0) is 30.7 Å². The van der Waals surface area contributed by atoms with Gasteiger partial charge in [-0.2, -0.15) is 0 Å². The molecule has 0 spiro atoms.